The van der Waals surface area contributed by atoms with Crippen LogP contribution in [-0.4, -0.2) is 23.0 Å². The summed E-state index contributed by atoms with van der Waals surface area (Å²) in [4.78, 5) is 11.4. The molecule has 3 nitrogen and oxygen atoms in total. The van der Waals surface area contributed by atoms with Crippen molar-refractivity contribution in [2.24, 2.45) is 0 Å². The second-order valence-corrected chi connectivity index (χ2v) is 4.88. The Morgan fingerprint density at radius 1 is 1.12 bits per heavy atom. The van der Waals surface area contributed by atoms with Gasteiger partial charge in [-0.15, -0.1) is 0 Å². The number of alkyl halides is 1. The van der Waals surface area contributed by atoms with Crippen molar-refractivity contribution < 1.29 is 0 Å². The molecule has 0 aliphatic heterocycles. The lowest BCUT2D eigenvalue weighted by molar-refractivity contribution is 0.555. The summed E-state index contributed by atoms with van der Waals surface area (Å²) in [6, 6.07) is 5.26. The average molecular weight is 301 g/mol. The quantitative estimate of drug-likeness (QED) is 0.561. The average Bonchev–Trinajstić information content (AvgIpc) is 2.35. The SMILES string of the molecule is O=c1ccccn1CCNCCCCCCBr. The highest BCUT2D eigenvalue weighted by Gasteiger charge is 1.93. The molecule has 1 heterocycles. The van der Waals surface area contributed by atoms with Gasteiger partial charge < -0.3 is 9.88 Å². The van der Waals surface area contributed by atoms with Crippen LogP contribution in [0.2, 0.25) is 0 Å². The number of hydrogen-bond donors (Lipinski definition) is 1. The van der Waals surface area contributed by atoms with E-state index < -0.39 is 0 Å². The Bertz CT molecular complexity index is 351. The Labute approximate surface area is 111 Å². The van der Waals surface area contributed by atoms with E-state index in [4.69, 9.17) is 0 Å². The molecule has 1 aromatic rings. The third-order valence-corrected chi connectivity index (χ3v) is 3.23. The Morgan fingerprint density at radius 2 is 1.94 bits per heavy atom. The fourth-order valence-corrected chi connectivity index (χ4v) is 2.06. The maximum absolute atomic E-state index is 11.4. The molecule has 0 unspecified atom stereocenters. The van der Waals surface area contributed by atoms with Crippen molar-refractivity contribution in [2.75, 3.05) is 18.4 Å². The van der Waals surface area contributed by atoms with Gasteiger partial charge in [0.05, 0.1) is 0 Å². The molecule has 4 heteroatoms. The van der Waals surface area contributed by atoms with Crippen LogP contribution in [0.3, 0.4) is 0 Å². The molecule has 1 rings (SSSR count). The summed E-state index contributed by atoms with van der Waals surface area (Å²) in [6.07, 6.45) is 6.89. The molecule has 96 valence electrons. The van der Waals surface area contributed by atoms with E-state index >= 15 is 0 Å². The molecule has 0 radical (unpaired) electrons. The largest absolute Gasteiger partial charge is 0.315 e. The van der Waals surface area contributed by atoms with Gasteiger partial charge in [-0.3, -0.25) is 4.79 Å². The number of aromatic nitrogens is 1. The summed E-state index contributed by atoms with van der Waals surface area (Å²) < 4.78 is 1.73. The first-order valence-electron chi connectivity index (χ1n) is 6.27. The number of rotatable bonds is 9. The van der Waals surface area contributed by atoms with Crippen molar-refractivity contribution >= 4 is 15.9 Å². The molecule has 0 spiro atoms. The zero-order valence-corrected chi connectivity index (χ0v) is 11.8. The molecule has 0 bridgehead atoms. The van der Waals surface area contributed by atoms with Gasteiger partial charge in [-0.2, -0.15) is 0 Å². The third kappa shape index (κ3) is 6.64. The highest BCUT2D eigenvalue weighted by atomic mass is 79.9. The van der Waals surface area contributed by atoms with Crippen LogP contribution in [-0.2, 0) is 6.54 Å². The van der Waals surface area contributed by atoms with Gasteiger partial charge in [0.25, 0.3) is 5.56 Å². The fraction of sp³-hybridized carbons (Fsp3) is 0.615. The first kappa shape index (κ1) is 14.5. The fourth-order valence-electron chi connectivity index (χ4n) is 1.67. The lowest BCUT2D eigenvalue weighted by Crippen LogP contribution is -2.26. The molecule has 0 atom stereocenters. The zero-order chi connectivity index (χ0) is 12.3. The van der Waals surface area contributed by atoms with E-state index in [0.29, 0.717) is 0 Å². The standard InChI is InChI=1S/C13H21BrN2O/c14-8-4-1-2-5-9-15-10-12-16-11-6-3-7-13(16)17/h3,6-7,11,15H,1-2,4-5,8-10,12H2. The van der Waals surface area contributed by atoms with Crippen molar-refractivity contribution in [3.05, 3.63) is 34.7 Å². The summed E-state index contributed by atoms with van der Waals surface area (Å²) in [5.74, 6) is 0. The van der Waals surface area contributed by atoms with Crippen LogP contribution in [0.25, 0.3) is 0 Å². The minimum atomic E-state index is 0.0756. The van der Waals surface area contributed by atoms with Crippen LogP contribution >= 0.6 is 15.9 Å². The topological polar surface area (TPSA) is 34.0 Å². The Hall–Kier alpha value is -0.610. The number of hydrogen-bond acceptors (Lipinski definition) is 2. The first-order chi connectivity index (χ1) is 8.34. The molecule has 17 heavy (non-hydrogen) atoms. The van der Waals surface area contributed by atoms with Crippen LogP contribution in [0, 0.1) is 0 Å². The van der Waals surface area contributed by atoms with Gasteiger partial charge in [0, 0.05) is 30.7 Å². The predicted octanol–water partition coefficient (Wildman–Crippen LogP) is 2.39. The van der Waals surface area contributed by atoms with Gasteiger partial charge in [0.15, 0.2) is 0 Å². The van der Waals surface area contributed by atoms with E-state index in [1.54, 1.807) is 16.7 Å². The molecule has 0 aliphatic rings. The first-order valence-corrected chi connectivity index (χ1v) is 7.39. The van der Waals surface area contributed by atoms with Gasteiger partial charge in [0.1, 0.15) is 0 Å². The lowest BCUT2D eigenvalue weighted by Gasteiger charge is -2.06. The Kier molecular flexibility index (Phi) is 8.01. The number of nitrogens with zero attached hydrogens (tertiary/aromatic N) is 1. The van der Waals surface area contributed by atoms with Crippen LogP contribution in [0.15, 0.2) is 29.2 Å². The van der Waals surface area contributed by atoms with Crippen LogP contribution < -0.4 is 10.9 Å². The van der Waals surface area contributed by atoms with Crippen molar-refractivity contribution in [1.29, 1.82) is 0 Å². The Morgan fingerprint density at radius 3 is 2.71 bits per heavy atom. The molecule has 1 aromatic heterocycles. The van der Waals surface area contributed by atoms with Crippen molar-refractivity contribution in [3.8, 4) is 0 Å². The third-order valence-electron chi connectivity index (χ3n) is 2.67. The normalized spacial score (nSPS) is 10.6. The molecule has 1 N–H and O–H groups in total. The summed E-state index contributed by atoms with van der Waals surface area (Å²) in [5.41, 5.74) is 0.0756. The number of halogens is 1. The number of unbranched alkanes of at least 4 members (excludes halogenated alkanes) is 3. The van der Waals surface area contributed by atoms with Crippen LogP contribution in [0.4, 0.5) is 0 Å². The van der Waals surface area contributed by atoms with Gasteiger partial charge >= 0.3 is 0 Å². The van der Waals surface area contributed by atoms with Crippen molar-refractivity contribution in [3.63, 3.8) is 0 Å². The predicted molar refractivity (Wildman–Crippen MR) is 75.8 cm³/mol. The number of nitrogens with one attached hydrogen (secondary N) is 1. The van der Waals surface area contributed by atoms with Crippen molar-refractivity contribution in [1.82, 2.24) is 9.88 Å². The number of pyridine rings is 1. The van der Waals surface area contributed by atoms with Crippen LogP contribution in [0.1, 0.15) is 25.7 Å². The maximum atomic E-state index is 11.4. The van der Waals surface area contributed by atoms with Crippen molar-refractivity contribution in [2.45, 2.75) is 32.2 Å². The molecular weight excluding hydrogens is 280 g/mol. The smallest absolute Gasteiger partial charge is 0.250 e. The summed E-state index contributed by atoms with van der Waals surface area (Å²) in [5, 5.41) is 4.48. The van der Waals surface area contributed by atoms with E-state index in [-0.39, 0.29) is 5.56 Å². The zero-order valence-electron chi connectivity index (χ0n) is 10.2. The van der Waals surface area contributed by atoms with Gasteiger partial charge in [-0.1, -0.05) is 34.8 Å². The Balaban J connectivity index is 2.01. The molecule has 0 amide bonds. The molecule has 0 fully saturated rings. The molecule has 0 saturated carbocycles. The van der Waals surface area contributed by atoms with E-state index in [0.717, 1.165) is 25.0 Å². The highest BCUT2D eigenvalue weighted by Crippen LogP contribution is 2.00. The summed E-state index contributed by atoms with van der Waals surface area (Å²) in [6.45, 7) is 2.66. The van der Waals surface area contributed by atoms with Gasteiger partial charge in [0.2, 0.25) is 0 Å². The summed E-state index contributed by atoms with van der Waals surface area (Å²) in [7, 11) is 0. The van der Waals surface area contributed by atoms with Gasteiger partial charge in [-0.25, -0.2) is 0 Å². The molecule has 0 aromatic carbocycles. The van der Waals surface area contributed by atoms with Gasteiger partial charge in [-0.05, 0) is 25.5 Å². The highest BCUT2D eigenvalue weighted by molar-refractivity contribution is 9.09. The van der Waals surface area contributed by atoms with Crippen LogP contribution in [0.5, 0.6) is 0 Å². The second kappa shape index (κ2) is 9.42. The molecule has 0 saturated heterocycles. The van der Waals surface area contributed by atoms with E-state index in [1.165, 1.54) is 25.7 Å². The van der Waals surface area contributed by atoms with E-state index in [2.05, 4.69) is 21.2 Å². The maximum Gasteiger partial charge on any atom is 0.250 e. The molecular formula is C13H21BrN2O. The monoisotopic (exact) mass is 300 g/mol. The molecule has 0 aliphatic carbocycles. The summed E-state index contributed by atoms with van der Waals surface area (Å²) >= 11 is 3.43. The second-order valence-electron chi connectivity index (χ2n) is 4.09. The lowest BCUT2D eigenvalue weighted by atomic mass is 10.2. The van der Waals surface area contributed by atoms with E-state index in [9.17, 15) is 4.79 Å². The van der Waals surface area contributed by atoms with E-state index in [1.807, 2.05) is 12.3 Å². The minimum Gasteiger partial charge on any atom is -0.315 e. The minimum absolute atomic E-state index is 0.0756.